The second-order valence-corrected chi connectivity index (χ2v) is 8.65. The van der Waals surface area contributed by atoms with Crippen molar-refractivity contribution in [2.24, 2.45) is 0 Å². The summed E-state index contributed by atoms with van der Waals surface area (Å²) >= 11 is 0. The van der Waals surface area contributed by atoms with Gasteiger partial charge in [-0.15, -0.1) is 0 Å². The summed E-state index contributed by atoms with van der Waals surface area (Å²) in [5, 5.41) is 5.65. The zero-order valence-electron chi connectivity index (χ0n) is 18.2. The minimum absolute atomic E-state index is 0.133. The molecule has 0 unspecified atom stereocenters. The van der Waals surface area contributed by atoms with Crippen LogP contribution in [0.25, 0.3) is 0 Å². The highest BCUT2D eigenvalue weighted by molar-refractivity contribution is 6.52. The number of hydrogen-bond acceptors (Lipinski definition) is 4. The van der Waals surface area contributed by atoms with Gasteiger partial charge in [-0.05, 0) is 63.1 Å². The normalized spacial score (nSPS) is 13.2. The molecule has 3 amide bonds. The number of Topliss-reactive ketones (excluding diaryl/α,β-unsaturated/α-hetero) is 1. The molecule has 0 aromatic heterocycles. The van der Waals surface area contributed by atoms with Crippen molar-refractivity contribution in [1.29, 1.82) is 0 Å². The minimum atomic E-state index is -0.610. The van der Waals surface area contributed by atoms with Crippen LogP contribution in [0.4, 0.5) is 11.4 Å². The highest BCUT2D eigenvalue weighted by Gasteiger charge is 2.36. The van der Waals surface area contributed by atoms with E-state index in [2.05, 4.69) is 10.6 Å². The third-order valence-corrected chi connectivity index (χ3v) is 4.78. The molecule has 2 N–H and O–H groups in total. The molecule has 0 aliphatic carbocycles. The lowest BCUT2D eigenvalue weighted by atomic mass is 10.1. The first kappa shape index (κ1) is 22.2. The summed E-state index contributed by atoms with van der Waals surface area (Å²) in [6, 6.07) is 11.8. The first-order chi connectivity index (χ1) is 14.6. The van der Waals surface area contributed by atoms with Crippen LogP contribution in [0.3, 0.4) is 0 Å². The largest absolute Gasteiger partial charge is 0.347 e. The molecule has 3 rings (SSSR count). The Balaban J connectivity index is 1.76. The van der Waals surface area contributed by atoms with E-state index in [1.807, 2.05) is 27.7 Å². The summed E-state index contributed by atoms with van der Waals surface area (Å²) in [5.74, 6) is -1.51. The highest BCUT2D eigenvalue weighted by Crippen LogP contribution is 2.32. The number of anilines is 2. The summed E-state index contributed by atoms with van der Waals surface area (Å²) in [6.45, 7) is 7.85. The average molecular weight is 421 g/mol. The smallest absolute Gasteiger partial charge is 0.299 e. The Morgan fingerprint density at radius 1 is 1.00 bits per heavy atom. The number of amides is 3. The number of nitrogens with zero attached hydrogens (tertiary/aromatic N) is 1. The fourth-order valence-electron chi connectivity index (χ4n) is 3.34. The average Bonchev–Trinajstić information content (AvgIpc) is 2.92. The molecular formula is C24H27N3O4. The number of hydrogen-bond donors (Lipinski definition) is 2. The van der Waals surface area contributed by atoms with Gasteiger partial charge in [0, 0.05) is 23.2 Å². The fourth-order valence-corrected chi connectivity index (χ4v) is 3.34. The second kappa shape index (κ2) is 8.71. The van der Waals surface area contributed by atoms with E-state index in [1.165, 1.54) is 4.90 Å². The lowest BCUT2D eigenvalue weighted by Gasteiger charge is -2.21. The Hall–Kier alpha value is -3.48. The van der Waals surface area contributed by atoms with Crippen molar-refractivity contribution in [1.82, 2.24) is 5.32 Å². The van der Waals surface area contributed by atoms with Crippen molar-refractivity contribution in [3.8, 4) is 0 Å². The molecule has 2 aromatic carbocycles. The summed E-state index contributed by atoms with van der Waals surface area (Å²) < 4.78 is 0. The van der Waals surface area contributed by atoms with E-state index in [1.54, 1.807) is 42.5 Å². The van der Waals surface area contributed by atoms with E-state index >= 15 is 0 Å². The molecule has 0 saturated carbocycles. The van der Waals surface area contributed by atoms with E-state index in [0.717, 1.165) is 12.0 Å². The van der Waals surface area contributed by atoms with Crippen LogP contribution < -0.4 is 15.5 Å². The van der Waals surface area contributed by atoms with Crippen molar-refractivity contribution in [2.75, 3.05) is 10.2 Å². The molecular weight excluding hydrogens is 394 g/mol. The van der Waals surface area contributed by atoms with Gasteiger partial charge in [-0.1, -0.05) is 19.1 Å². The number of fused-ring (bicyclic) bond motifs is 1. The number of carbonyl (C=O) groups is 4. The number of benzene rings is 2. The van der Waals surface area contributed by atoms with E-state index in [4.69, 9.17) is 0 Å². The van der Waals surface area contributed by atoms with Crippen molar-refractivity contribution >= 4 is 34.9 Å². The van der Waals surface area contributed by atoms with Crippen molar-refractivity contribution in [3.63, 3.8) is 0 Å². The van der Waals surface area contributed by atoms with Gasteiger partial charge in [0.1, 0.15) is 0 Å². The molecule has 1 aliphatic rings. The van der Waals surface area contributed by atoms with Gasteiger partial charge in [0.25, 0.3) is 17.6 Å². The lowest BCUT2D eigenvalue weighted by Crippen LogP contribution is -2.40. The first-order valence-corrected chi connectivity index (χ1v) is 10.3. The zero-order chi connectivity index (χ0) is 22.8. The monoisotopic (exact) mass is 421 g/mol. The molecule has 7 nitrogen and oxygen atoms in total. The van der Waals surface area contributed by atoms with Crippen LogP contribution in [0.1, 0.15) is 66.8 Å². The van der Waals surface area contributed by atoms with Gasteiger partial charge in [-0.2, -0.15) is 0 Å². The van der Waals surface area contributed by atoms with Gasteiger partial charge in [0.05, 0.1) is 17.8 Å². The predicted octanol–water partition coefficient (Wildman–Crippen LogP) is 3.68. The molecule has 162 valence electrons. The van der Waals surface area contributed by atoms with Gasteiger partial charge >= 0.3 is 0 Å². The quantitative estimate of drug-likeness (QED) is 0.696. The van der Waals surface area contributed by atoms with Crippen LogP contribution >= 0.6 is 0 Å². The predicted molar refractivity (Wildman–Crippen MR) is 119 cm³/mol. The van der Waals surface area contributed by atoms with Gasteiger partial charge in [0.2, 0.25) is 5.91 Å². The van der Waals surface area contributed by atoms with Gasteiger partial charge < -0.3 is 15.5 Å². The van der Waals surface area contributed by atoms with E-state index in [-0.39, 0.29) is 29.5 Å². The Bertz CT molecular complexity index is 1040. The Kier molecular flexibility index (Phi) is 6.24. The Morgan fingerprint density at radius 3 is 2.29 bits per heavy atom. The molecule has 1 heterocycles. The lowest BCUT2D eigenvalue weighted by molar-refractivity contribution is -0.116. The number of ketones is 1. The van der Waals surface area contributed by atoms with E-state index < -0.39 is 11.7 Å². The summed E-state index contributed by atoms with van der Waals surface area (Å²) in [5.41, 5.74) is 2.27. The van der Waals surface area contributed by atoms with Gasteiger partial charge in [-0.25, -0.2) is 0 Å². The van der Waals surface area contributed by atoms with E-state index in [9.17, 15) is 19.2 Å². The molecule has 2 aromatic rings. The maximum absolute atomic E-state index is 12.6. The third-order valence-electron chi connectivity index (χ3n) is 4.78. The summed E-state index contributed by atoms with van der Waals surface area (Å²) in [4.78, 5) is 50.5. The Morgan fingerprint density at radius 2 is 1.68 bits per heavy atom. The van der Waals surface area contributed by atoms with Crippen LogP contribution in [0.2, 0.25) is 0 Å². The van der Waals surface area contributed by atoms with Gasteiger partial charge in [-0.3, -0.25) is 19.2 Å². The molecule has 0 bridgehead atoms. The molecule has 7 heteroatoms. The number of rotatable bonds is 6. The second-order valence-electron chi connectivity index (χ2n) is 8.65. The van der Waals surface area contributed by atoms with Crippen molar-refractivity contribution in [2.45, 2.75) is 52.6 Å². The topological polar surface area (TPSA) is 95.6 Å². The number of carbonyl (C=O) groups excluding carboxylic acids is 4. The Labute approximate surface area is 181 Å². The maximum atomic E-state index is 12.6. The number of nitrogens with one attached hydrogen (secondary N) is 2. The molecule has 31 heavy (non-hydrogen) atoms. The third kappa shape index (κ3) is 5.17. The molecule has 0 spiro atoms. The molecule has 0 radical (unpaired) electrons. The van der Waals surface area contributed by atoms with Crippen molar-refractivity contribution < 1.29 is 19.2 Å². The molecule has 0 saturated heterocycles. The molecule has 0 fully saturated rings. The molecule has 0 atom stereocenters. The van der Waals surface area contributed by atoms with Crippen LogP contribution in [0, 0.1) is 0 Å². The van der Waals surface area contributed by atoms with E-state index in [0.29, 0.717) is 23.4 Å². The standard InChI is InChI=1S/C24H27N3O4/c1-5-6-20(28)25-17-11-12-19-18(13-17)21(29)23(31)27(19)14-15-7-9-16(10-8-15)22(30)26-24(2,3)4/h7-13H,5-6,14H2,1-4H3,(H,25,28)(H,26,30). The van der Waals surface area contributed by atoms with Crippen LogP contribution in [0.5, 0.6) is 0 Å². The SMILES string of the molecule is CCCC(=O)Nc1ccc2c(c1)C(=O)C(=O)N2Cc1ccc(C(=O)NC(C)(C)C)cc1. The minimum Gasteiger partial charge on any atom is -0.347 e. The van der Waals surface area contributed by atoms with Crippen molar-refractivity contribution in [3.05, 3.63) is 59.2 Å². The van der Waals surface area contributed by atoms with Crippen LogP contribution in [0.15, 0.2) is 42.5 Å². The summed E-state index contributed by atoms with van der Waals surface area (Å²) in [7, 11) is 0. The molecule has 1 aliphatic heterocycles. The van der Waals surface area contributed by atoms with Crippen LogP contribution in [-0.4, -0.2) is 29.0 Å². The van der Waals surface area contributed by atoms with Crippen LogP contribution in [-0.2, 0) is 16.1 Å². The first-order valence-electron chi connectivity index (χ1n) is 10.3. The van der Waals surface area contributed by atoms with Gasteiger partial charge in [0.15, 0.2) is 0 Å². The summed E-state index contributed by atoms with van der Waals surface area (Å²) in [6.07, 6.45) is 1.11. The fraction of sp³-hybridized carbons (Fsp3) is 0.333. The highest BCUT2D eigenvalue weighted by atomic mass is 16.2. The zero-order valence-corrected chi connectivity index (χ0v) is 18.2. The maximum Gasteiger partial charge on any atom is 0.299 e.